The van der Waals surface area contributed by atoms with Crippen LogP contribution >= 0.6 is 15.9 Å². The highest BCUT2D eigenvalue weighted by molar-refractivity contribution is 9.10. The van der Waals surface area contributed by atoms with Crippen molar-refractivity contribution < 1.29 is 8.42 Å². The van der Waals surface area contributed by atoms with Crippen molar-refractivity contribution in [1.82, 2.24) is 14.3 Å². The van der Waals surface area contributed by atoms with Crippen LogP contribution < -0.4 is 4.31 Å². The smallest absolute Gasteiger partial charge is 0.223 e. The summed E-state index contributed by atoms with van der Waals surface area (Å²) in [5, 5.41) is 0. The van der Waals surface area contributed by atoms with Crippen LogP contribution in [0.1, 0.15) is 5.69 Å². The Balaban J connectivity index is 2.43. The first-order chi connectivity index (χ1) is 7.43. The molecule has 1 aromatic heterocycles. The van der Waals surface area contributed by atoms with E-state index >= 15 is 0 Å². The lowest BCUT2D eigenvalue weighted by molar-refractivity contribution is 0.511. The van der Waals surface area contributed by atoms with Crippen molar-refractivity contribution in [2.45, 2.75) is 6.92 Å². The van der Waals surface area contributed by atoms with Crippen LogP contribution in [0.5, 0.6) is 0 Å². The Labute approximate surface area is 103 Å². The van der Waals surface area contributed by atoms with Crippen LogP contribution in [-0.4, -0.2) is 42.8 Å². The molecule has 0 N–H and O–H groups in total. The number of nitrogens with zero attached hydrogens (tertiary/aromatic N) is 4. The van der Waals surface area contributed by atoms with Crippen molar-refractivity contribution in [2.24, 2.45) is 0 Å². The van der Waals surface area contributed by atoms with Crippen molar-refractivity contribution in [3.63, 3.8) is 0 Å². The molecule has 0 bridgehead atoms. The first-order valence-electron chi connectivity index (χ1n) is 4.66. The molecular formula is C8H11BrN4O2S. The van der Waals surface area contributed by atoms with Gasteiger partial charge in [0.05, 0.1) is 16.7 Å². The number of rotatable bonds is 1. The Kier molecular flexibility index (Phi) is 2.89. The lowest BCUT2D eigenvalue weighted by Gasteiger charge is -2.16. The Morgan fingerprint density at radius 2 is 2.12 bits per heavy atom. The average Bonchev–Trinajstić information content (AvgIpc) is 2.47. The van der Waals surface area contributed by atoms with Gasteiger partial charge in [-0.15, -0.1) is 0 Å². The van der Waals surface area contributed by atoms with Crippen molar-refractivity contribution >= 4 is 32.1 Å². The molecule has 2 rings (SSSR count). The van der Waals surface area contributed by atoms with E-state index in [9.17, 15) is 8.42 Å². The predicted molar refractivity (Wildman–Crippen MR) is 63.4 cm³/mol. The summed E-state index contributed by atoms with van der Waals surface area (Å²) in [7, 11) is -1.88. The number of aryl methyl sites for hydroxylation is 1. The molecule has 0 atom stereocenters. The topological polar surface area (TPSA) is 66.4 Å². The van der Waals surface area contributed by atoms with Gasteiger partial charge in [-0.25, -0.2) is 14.3 Å². The van der Waals surface area contributed by atoms with Gasteiger partial charge in [0.1, 0.15) is 0 Å². The average molecular weight is 307 g/mol. The molecule has 88 valence electrons. The highest BCUT2D eigenvalue weighted by Crippen LogP contribution is 2.22. The maximum absolute atomic E-state index is 11.8. The molecule has 0 unspecified atom stereocenters. The first kappa shape index (κ1) is 11.7. The van der Waals surface area contributed by atoms with E-state index in [2.05, 4.69) is 25.9 Å². The van der Waals surface area contributed by atoms with Gasteiger partial charge in [-0.2, -0.15) is 12.7 Å². The van der Waals surface area contributed by atoms with Crippen LogP contribution in [0.15, 0.2) is 10.7 Å². The van der Waals surface area contributed by atoms with Gasteiger partial charge in [0.15, 0.2) is 0 Å². The van der Waals surface area contributed by atoms with E-state index in [-0.39, 0.29) is 5.95 Å². The van der Waals surface area contributed by atoms with Crippen LogP contribution in [0.4, 0.5) is 5.95 Å². The summed E-state index contributed by atoms with van der Waals surface area (Å²) in [4.78, 5) is 8.16. The minimum atomic E-state index is -3.42. The van der Waals surface area contributed by atoms with Crippen LogP contribution in [0.2, 0.25) is 0 Å². The Morgan fingerprint density at radius 3 is 2.62 bits per heavy atom. The number of anilines is 1. The second kappa shape index (κ2) is 3.94. The fourth-order valence-corrected chi connectivity index (χ4v) is 2.84. The maximum atomic E-state index is 11.8. The molecule has 1 saturated heterocycles. The van der Waals surface area contributed by atoms with E-state index in [1.54, 1.807) is 20.2 Å². The molecule has 2 heterocycles. The number of halogens is 1. The molecule has 6 nitrogen and oxygen atoms in total. The summed E-state index contributed by atoms with van der Waals surface area (Å²) < 4.78 is 27.0. The summed E-state index contributed by atoms with van der Waals surface area (Å²) in [6.45, 7) is 2.64. The minimum Gasteiger partial charge on any atom is -0.223 e. The molecular weight excluding hydrogens is 296 g/mol. The van der Waals surface area contributed by atoms with Gasteiger partial charge < -0.3 is 0 Å². The van der Waals surface area contributed by atoms with Gasteiger partial charge in [-0.3, -0.25) is 0 Å². The minimum absolute atomic E-state index is 0.227. The first-order valence-corrected chi connectivity index (χ1v) is 6.85. The fourth-order valence-electron chi connectivity index (χ4n) is 1.39. The van der Waals surface area contributed by atoms with Crippen molar-refractivity contribution in [2.75, 3.05) is 24.4 Å². The zero-order chi connectivity index (χ0) is 11.9. The van der Waals surface area contributed by atoms with Gasteiger partial charge in [-0.05, 0) is 22.9 Å². The summed E-state index contributed by atoms with van der Waals surface area (Å²) in [6, 6.07) is 0. The van der Waals surface area contributed by atoms with Crippen molar-refractivity contribution in [3.8, 4) is 0 Å². The predicted octanol–water partition coefficient (Wildman–Crippen LogP) is 0.544. The molecule has 16 heavy (non-hydrogen) atoms. The van der Waals surface area contributed by atoms with Crippen molar-refractivity contribution in [3.05, 3.63) is 16.4 Å². The van der Waals surface area contributed by atoms with Crippen LogP contribution in [0.3, 0.4) is 0 Å². The molecule has 1 aliphatic heterocycles. The van der Waals surface area contributed by atoms with E-state index in [1.807, 2.05) is 0 Å². The van der Waals surface area contributed by atoms with Crippen LogP contribution in [-0.2, 0) is 10.2 Å². The van der Waals surface area contributed by atoms with Gasteiger partial charge in [0, 0.05) is 19.8 Å². The third kappa shape index (κ3) is 1.80. The van der Waals surface area contributed by atoms with Crippen LogP contribution in [0.25, 0.3) is 0 Å². The Hall–Kier alpha value is -0.730. The van der Waals surface area contributed by atoms with E-state index in [4.69, 9.17) is 0 Å². The SMILES string of the molecule is Cc1nc(N2CCN(C)S2(=O)=O)ncc1Br. The van der Waals surface area contributed by atoms with E-state index in [1.165, 1.54) is 8.61 Å². The second-order valence-electron chi connectivity index (χ2n) is 3.50. The summed E-state index contributed by atoms with van der Waals surface area (Å²) in [6.07, 6.45) is 1.56. The van der Waals surface area contributed by atoms with Crippen molar-refractivity contribution in [1.29, 1.82) is 0 Å². The van der Waals surface area contributed by atoms with Gasteiger partial charge in [0.25, 0.3) is 0 Å². The third-order valence-corrected chi connectivity index (χ3v) is 5.07. The molecule has 0 radical (unpaired) electrons. The highest BCUT2D eigenvalue weighted by Gasteiger charge is 2.35. The summed E-state index contributed by atoms with van der Waals surface area (Å²) >= 11 is 3.27. The molecule has 1 aromatic rings. The molecule has 1 fully saturated rings. The molecule has 0 aliphatic carbocycles. The zero-order valence-electron chi connectivity index (χ0n) is 8.88. The molecule has 0 amide bonds. The number of likely N-dealkylation sites (N-methyl/N-ethyl adjacent to an activating group) is 1. The number of aromatic nitrogens is 2. The fraction of sp³-hybridized carbons (Fsp3) is 0.500. The maximum Gasteiger partial charge on any atom is 0.306 e. The molecule has 1 aliphatic rings. The summed E-state index contributed by atoms with van der Waals surface area (Å²) in [5.41, 5.74) is 0.717. The Bertz CT molecular complexity index is 519. The lowest BCUT2D eigenvalue weighted by atomic mass is 10.4. The standard InChI is InChI=1S/C8H11BrN4O2S/c1-6-7(9)5-10-8(11-6)13-4-3-12(2)16(13,14)15/h5H,3-4H2,1-2H3. The monoisotopic (exact) mass is 306 g/mol. The van der Waals surface area contributed by atoms with Gasteiger partial charge in [0.2, 0.25) is 5.95 Å². The Morgan fingerprint density at radius 1 is 1.44 bits per heavy atom. The molecule has 0 saturated carbocycles. The molecule has 0 aromatic carbocycles. The normalized spacial score (nSPS) is 20.3. The second-order valence-corrected chi connectivity index (χ2v) is 6.32. The third-order valence-electron chi connectivity index (χ3n) is 2.42. The van der Waals surface area contributed by atoms with Gasteiger partial charge >= 0.3 is 10.2 Å². The van der Waals surface area contributed by atoms with Gasteiger partial charge in [-0.1, -0.05) is 0 Å². The molecule has 0 spiro atoms. The quantitative estimate of drug-likeness (QED) is 0.760. The lowest BCUT2D eigenvalue weighted by Crippen LogP contribution is -2.32. The highest BCUT2D eigenvalue weighted by atomic mass is 79.9. The number of hydrogen-bond acceptors (Lipinski definition) is 4. The van der Waals surface area contributed by atoms with Crippen LogP contribution in [0, 0.1) is 6.92 Å². The molecule has 8 heteroatoms. The zero-order valence-corrected chi connectivity index (χ0v) is 11.3. The largest absolute Gasteiger partial charge is 0.306 e. The van der Waals surface area contributed by atoms with E-state index in [0.717, 1.165) is 10.2 Å². The summed E-state index contributed by atoms with van der Waals surface area (Å²) in [5.74, 6) is 0.227. The van der Waals surface area contributed by atoms with E-state index < -0.39 is 10.2 Å². The number of hydrogen-bond donors (Lipinski definition) is 0. The van der Waals surface area contributed by atoms with E-state index in [0.29, 0.717) is 13.1 Å².